The molecule has 0 spiro atoms. The second-order valence-corrected chi connectivity index (χ2v) is 4.34. The van der Waals surface area contributed by atoms with E-state index in [1.54, 1.807) is 25.1 Å². The fraction of sp³-hybridized carbons (Fsp3) is 0.333. The van der Waals surface area contributed by atoms with Gasteiger partial charge in [-0.1, -0.05) is 6.07 Å². The number of hydrogen-bond acceptors (Lipinski definition) is 4. The number of nitrogens with zero attached hydrogens (tertiary/aromatic N) is 2. The van der Waals surface area contributed by atoms with E-state index in [2.05, 4.69) is 4.98 Å². The van der Waals surface area contributed by atoms with Gasteiger partial charge in [0.25, 0.3) is 5.56 Å². The van der Waals surface area contributed by atoms with Crippen LogP contribution in [0.25, 0.3) is 10.9 Å². The van der Waals surface area contributed by atoms with Crippen LogP contribution in [-0.4, -0.2) is 27.9 Å². The van der Waals surface area contributed by atoms with E-state index in [1.807, 2.05) is 0 Å². The minimum Gasteiger partial charge on any atom is -0.494 e. The molecule has 0 radical (unpaired) electrons. The summed E-state index contributed by atoms with van der Waals surface area (Å²) in [4.78, 5) is 16.4. The maximum absolute atomic E-state index is 12.2. The maximum atomic E-state index is 12.2. The van der Waals surface area contributed by atoms with Crippen molar-refractivity contribution >= 4 is 22.5 Å². The second kappa shape index (κ2) is 4.96. The van der Waals surface area contributed by atoms with Crippen molar-refractivity contribution in [3.63, 3.8) is 0 Å². The smallest absolute Gasteiger partial charge is 0.262 e. The fourth-order valence-corrected chi connectivity index (χ4v) is 2.01. The number of benzene rings is 1. The quantitative estimate of drug-likeness (QED) is 0.856. The molecule has 0 fully saturated rings. The minimum absolute atomic E-state index is 0.0397. The number of ether oxygens (including phenoxy) is 1. The van der Waals surface area contributed by atoms with Crippen LogP contribution in [-0.2, 0) is 6.54 Å². The summed E-state index contributed by atoms with van der Waals surface area (Å²) < 4.78 is 6.38. The number of aliphatic hydroxyl groups is 1. The van der Waals surface area contributed by atoms with Crippen LogP contribution < -0.4 is 10.3 Å². The molecule has 96 valence electrons. The third kappa shape index (κ3) is 2.19. The summed E-state index contributed by atoms with van der Waals surface area (Å²) in [6.07, 6.45) is -0.676. The lowest BCUT2D eigenvalue weighted by molar-refractivity contribution is 0.172. The monoisotopic (exact) mass is 268 g/mol. The van der Waals surface area contributed by atoms with Crippen molar-refractivity contribution in [1.29, 1.82) is 0 Å². The highest BCUT2D eigenvalue weighted by atomic mass is 35.5. The van der Waals surface area contributed by atoms with Gasteiger partial charge in [0.2, 0.25) is 5.28 Å². The molecule has 0 aliphatic rings. The van der Waals surface area contributed by atoms with Crippen LogP contribution in [0.4, 0.5) is 0 Å². The van der Waals surface area contributed by atoms with Gasteiger partial charge in [-0.2, -0.15) is 0 Å². The van der Waals surface area contributed by atoms with Gasteiger partial charge in [0.05, 0.1) is 25.1 Å². The largest absolute Gasteiger partial charge is 0.494 e. The molecule has 0 aliphatic heterocycles. The van der Waals surface area contributed by atoms with Gasteiger partial charge >= 0.3 is 0 Å². The molecule has 1 atom stereocenters. The number of para-hydroxylation sites is 1. The summed E-state index contributed by atoms with van der Waals surface area (Å²) in [5.41, 5.74) is 0.140. The van der Waals surface area contributed by atoms with Crippen molar-refractivity contribution in [2.45, 2.75) is 19.6 Å². The molecule has 0 saturated heterocycles. The summed E-state index contributed by atoms with van der Waals surface area (Å²) in [5.74, 6) is 0.496. The second-order valence-electron chi connectivity index (χ2n) is 4.00. The Morgan fingerprint density at radius 1 is 1.56 bits per heavy atom. The first-order chi connectivity index (χ1) is 8.54. The highest BCUT2D eigenvalue weighted by Crippen LogP contribution is 2.22. The first-order valence-corrected chi connectivity index (χ1v) is 5.83. The van der Waals surface area contributed by atoms with E-state index in [1.165, 1.54) is 11.7 Å². The summed E-state index contributed by atoms with van der Waals surface area (Å²) in [6, 6.07) is 5.08. The van der Waals surface area contributed by atoms with Crippen LogP contribution >= 0.6 is 11.6 Å². The number of aromatic nitrogens is 2. The maximum Gasteiger partial charge on any atom is 0.262 e. The van der Waals surface area contributed by atoms with Crippen LogP contribution in [0.15, 0.2) is 23.0 Å². The number of aliphatic hydroxyl groups excluding tert-OH is 1. The molecule has 18 heavy (non-hydrogen) atoms. The molecule has 5 nitrogen and oxygen atoms in total. The van der Waals surface area contributed by atoms with Gasteiger partial charge < -0.3 is 9.84 Å². The number of hydrogen-bond donors (Lipinski definition) is 1. The number of methoxy groups -OCH3 is 1. The Balaban J connectivity index is 2.75. The number of fused-ring (bicyclic) bond motifs is 1. The molecule has 1 heterocycles. The Hall–Kier alpha value is -1.59. The van der Waals surface area contributed by atoms with Crippen LogP contribution in [0.1, 0.15) is 6.92 Å². The molecule has 1 aromatic carbocycles. The van der Waals surface area contributed by atoms with Gasteiger partial charge in [-0.3, -0.25) is 9.36 Å². The molecule has 2 rings (SSSR count). The summed E-state index contributed by atoms with van der Waals surface area (Å²) >= 11 is 5.97. The standard InChI is InChI=1S/C12H13ClN2O3/c1-7(16)6-15-11(17)8-4-3-5-9(18-2)10(8)14-12(15)13/h3-5,7,16H,6H2,1-2H3. The van der Waals surface area contributed by atoms with Gasteiger partial charge in [0.15, 0.2) is 0 Å². The lowest BCUT2D eigenvalue weighted by atomic mass is 10.2. The highest BCUT2D eigenvalue weighted by Gasteiger charge is 2.13. The SMILES string of the molecule is COc1cccc2c(=O)n(CC(C)O)c(Cl)nc12. The molecule has 1 N–H and O–H groups in total. The summed E-state index contributed by atoms with van der Waals surface area (Å²) in [5, 5.41) is 9.81. The van der Waals surface area contributed by atoms with Gasteiger partial charge in [-0.25, -0.2) is 4.98 Å². The Morgan fingerprint density at radius 2 is 2.28 bits per heavy atom. The van der Waals surface area contributed by atoms with Crippen LogP contribution in [0, 0.1) is 0 Å². The van der Waals surface area contributed by atoms with Crippen molar-refractivity contribution in [3.8, 4) is 5.75 Å². The van der Waals surface area contributed by atoms with Crippen LogP contribution in [0.3, 0.4) is 0 Å². The Labute approximate surface area is 109 Å². The summed E-state index contributed by atoms with van der Waals surface area (Å²) in [7, 11) is 1.51. The van der Waals surface area contributed by atoms with Gasteiger partial charge in [-0.05, 0) is 30.7 Å². The highest BCUT2D eigenvalue weighted by molar-refractivity contribution is 6.28. The van der Waals surface area contributed by atoms with Crippen LogP contribution in [0.2, 0.25) is 5.28 Å². The Bertz CT molecular complexity index is 637. The Morgan fingerprint density at radius 3 is 2.89 bits per heavy atom. The average Bonchev–Trinajstić information content (AvgIpc) is 2.33. The van der Waals surface area contributed by atoms with E-state index >= 15 is 0 Å². The zero-order chi connectivity index (χ0) is 13.3. The van der Waals surface area contributed by atoms with Crippen molar-refractivity contribution in [2.24, 2.45) is 0 Å². The molecule has 2 aromatic rings. The number of rotatable bonds is 3. The third-order valence-corrected chi connectivity index (χ3v) is 2.86. The molecule has 1 aromatic heterocycles. The van der Waals surface area contributed by atoms with E-state index in [9.17, 15) is 9.90 Å². The molecule has 0 aliphatic carbocycles. The first kappa shape index (κ1) is 12.9. The first-order valence-electron chi connectivity index (χ1n) is 5.45. The van der Waals surface area contributed by atoms with Crippen molar-refractivity contribution in [3.05, 3.63) is 33.8 Å². The van der Waals surface area contributed by atoms with E-state index in [4.69, 9.17) is 16.3 Å². The molecule has 1 unspecified atom stereocenters. The lowest BCUT2D eigenvalue weighted by Crippen LogP contribution is -2.26. The lowest BCUT2D eigenvalue weighted by Gasteiger charge is -2.12. The molecule has 0 saturated carbocycles. The van der Waals surface area contributed by atoms with Gasteiger partial charge in [-0.15, -0.1) is 0 Å². The third-order valence-electron chi connectivity index (χ3n) is 2.57. The molecule has 0 bridgehead atoms. The molecular weight excluding hydrogens is 256 g/mol. The zero-order valence-electron chi connectivity index (χ0n) is 10.1. The van der Waals surface area contributed by atoms with E-state index in [0.717, 1.165) is 0 Å². The predicted octanol–water partition coefficient (Wildman–Crippen LogP) is 1.44. The van der Waals surface area contributed by atoms with E-state index in [-0.39, 0.29) is 17.4 Å². The Kier molecular flexibility index (Phi) is 3.54. The minimum atomic E-state index is -0.676. The topological polar surface area (TPSA) is 64.3 Å². The molecule has 6 heteroatoms. The van der Waals surface area contributed by atoms with Crippen LogP contribution in [0.5, 0.6) is 5.75 Å². The van der Waals surface area contributed by atoms with Gasteiger partial charge in [0, 0.05) is 0 Å². The normalized spacial score (nSPS) is 12.7. The van der Waals surface area contributed by atoms with Crippen molar-refractivity contribution < 1.29 is 9.84 Å². The predicted molar refractivity (Wildman–Crippen MR) is 69.2 cm³/mol. The van der Waals surface area contributed by atoms with E-state index in [0.29, 0.717) is 16.7 Å². The zero-order valence-corrected chi connectivity index (χ0v) is 10.8. The molecule has 0 amide bonds. The number of halogens is 1. The van der Waals surface area contributed by atoms with Gasteiger partial charge in [0.1, 0.15) is 11.3 Å². The fourth-order valence-electron chi connectivity index (χ4n) is 1.78. The molecular formula is C12H13ClN2O3. The van der Waals surface area contributed by atoms with Crippen molar-refractivity contribution in [2.75, 3.05) is 7.11 Å². The van der Waals surface area contributed by atoms with E-state index < -0.39 is 6.10 Å². The van der Waals surface area contributed by atoms with Crippen molar-refractivity contribution in [1.82, 2.24) is 9.55 Å². The summed E-state index contributed by atoms with van der Waals surface area (Å²) in [6.45, 7) is 1.69. The average molecular weight is 269 g/mol.